The Hall–Kier alpha value is -0.740. The number of halogens is 2. The molecule has 0 aliphatic carbocycles. The quantitative estimate of drug-likeness (QED) is 0.551. The van der Waals surface area contributed by atoms with E-state index in [0.29, 0.717) is 16.6 Å². The molecule has 0 aromatic heterocycles. The average Bonchev–Trinajstić information content (AvgIpc) is 2.40. The number of nitrogens with zero attached hydrogens (tertiary/aromatic N) is 2. The monoisotopic (exact) mass is 429 g/mol. The van der Waals surface area contributed by atoms with Crippen LogP contribution in [0.3, 0.4) is 0 Å². The fourth-order valence-electron chi connectivity index (χ4n) is 1.91. The summed E-state index contributed by atoms with van der Waals surface area (Å²) in [5.41, 5.74) is 5.38. The highest BCUT2D eigenvalue weighted by molar-refractivity contribution is 9.10. The number of sulfonamides is 1. The zero-order chi connectivity index (χ0) is 17.3. The van der Waals surface area contributed by atoms with E-state index < -0.39 is 20.4 Å². The van der Waals surface area contributed by atoms with Crippen LogP contribution in [0.25, 0.3) is 0 Å². The maximum atomic E-state index is 12.6. The first kappa shape index (κ1) is 22.3. The first-order chi connectivity index (χ1) is 9.92. The highest BCUT2D eigenvalue weighted by atomic mass is 79.9. The van der Waals surface area contributed by atoms with Gasteiger partial charge in [-0.1, -0.05) is 29.8 Å². The molecule has 132 valence electrons. The van der Waals surface area contributed by atoms with E-state index in [2.05, 4.69) is 15.9 Å². The van der Waals surface area contributed by atoms with Crippen molar-refractivity contribution >= 4 is 44.0 Å². The van der Waals surface area contributed by atoms with Gasteiger partial charge in [0.2, 0.25) is 10.0 Å². The van der Waals surface area contributed by atoms with Crippen LogP contribution in [0.5, 0.6) is 0 Å². The van der Waals surface area contributed by atoms with E-state index in [-0.39, 0.29) is 29.5 Å². The normalized spacial score (nSPS) is 12.1. The van der Waals surface area contributed by atoms with Gasteiger partial charge < -0.3 is 5.73 Å². The third-order valence-corrected chi connectivity index (χ3v) is 6.00. The Morgan fingerprint density at radius 3 is 2.35 bits per heavy atom. The second-order valence-corrected chi connectivity index (χ2v) is 8.83. The lowest BCUT2D eigenvalue weighted by molar-refractivity contribution is -0.385. The van der Waals surface area contributed by atoms with Crippen LogP contribution in [0, 0.1) is 22.5 Å². The van der Waals surface area contributed by atoms with Gasteiger partial charge in [-0.15, -0.1) is 12.4 Å². The summed E-state index contributed by atoms with van der Waals surface area (Å²) in [6.07, 6.45) is 0. The van der Waals surface area contributed by atoms with Gasteiger partial charge in [-0.3, -0.25) is 10.1 Å². The van der Waals surface area contributed by atoms with Gasteiger partial charge >= 0.3 is 0 Å². The molecule has 23 heavy (non-hydrogen) atoms. The van der Waals surface area contributed by atoms with Gasteiger partial charge in [0.1, 0.15) is 0 Å². The Morgan fingerprint density at radius 1 is 1.39 bits per heavy atom. The molecule has 0 atom stereocenters. The summed E-state index contributed by atoms with van der Waals surface area (Å²) >= 11 is 3.17. The van der Waals surface area contributed by atoms with Gasteiger partial charge in [-0.05, 0) is 24.9 Å². The molecule has 0 bridgehead atoms. The lowest BCUT2D eigenvalue weighted by Crippen LogP contribution is -2.39. The molecule has 0 unspecified atom stereocenters. The summed E-state index contributed by atoms with van der Waals surface area (Å²) < 4.78 is 26.8. The fourth-order valence-corrected chi connectivity index (χ4v) is 3.92. The smallest absolute Gasteiger partial charge is 0.274 e. The van der Waals surface area contributed by atoms with E-state index in [0.717, 1.165) is 6.07 Å². The maximum Gasteiger partial charge on any atom is 0.274 e. The second kappa shape index (κ2) is 7.89. The number of rotatable bonds is 6. The van der Waals surface area contributed by atoms with E-state index in [1.54, 1.807) is 6.92 Å². The number of nitro groups is 1. The lowest BCUT2D eigenvalue weighted by Gasteiger charge is -2.28. The predicted molar refractivity (Wildman–Crippen MR) is 95.4 cm³/mol. The van der Waals surface area contributed by atoms with Crippen molar-refractivity contribution in [1.82, 2.24) is 4.31 Å². The first-order valence-electron chi connectivity index (χ1n) is 6.53. The maximum absolute atomic E-state index is 12.6. The second-order valence-electron chi connectivity index (χ2n) is 5.94. The summed E-state index contributed by atoms with van der Waals surface area (Å²) in [5, 5.41) is 11.1. The van der Waals surface area contributed by atoms with E-state index in [9.17, 15) is 18.5 Å². The van der Waals surface area contributed by atoms with Gasteiger partial charge in [0.25, 0.3) is 5.69 Å². The van der Waals surface area contributed by atoms with Crippen LogP contribution in [-0.2, 0) is 10.0 Å². The molecule has 0 aliphatic rings. The number of hydrogen-bond acceptors (Lipinski definition) is 5. The average molecular weight is 431 g/mol. The van der Waals surface area contributed by atoms with Gasteiger partial charge in [-0.25, -0.2) is 12.7 Å². The Bertz CT molecular complexity index is 695. The predicted octanol–water partition coefficient (Wildman–Crippen LogP) is 2.69. The van der Waals surface area contributed by atoms with Crippen LogP contribution in [0.15, 0.2) is 21.5 Å². The van der Waals surface area contributed by atoms with Gasteiger partial charge in [0.05, 0.1) is 9.82 Å². The third kappa shape index (κ3) is 5.12. The molecular formula is C13H21BrClN3O4S. The van der Waals surface area contributed by atoms with Crippen molar-refractivity contribution in [2.24, 2.45) is 11.1 Å². The topological polar surface area (TPSA) is 107 Å². The van der Waals surface area contributed by atoms with Crippen molar-refractivity contribution in [2.45, 2.75) is 25.7 Å². The minimum Gasteiger partial charge on any atom is -0.330 e. The number of benzene rings is 1. The van der Waals surface area contributed by atoms with Gasteiger partial charge in [0, 0.05) is 29.7 Å². The van der Waals surface area contributed by atoms with Crippen LogP contribution < -0.4 is 5.73 Å². The molecule has 10 heteroatoms. The molecule has 0 saturated carbocycles. The molecule has 0 spiro atoms. The van der Waals surface area contributed by atoms with Crippen LogP contribution in [0.2, 0.25) is 0 Å². The molecule has 1 aromatic carbocycles. The van der Waals surface area contributed by atoms with Crippen LogP contribution in [0.4, 0.5) is 5.69 Å². The largest absolute Gasteiger partial charge is 0.330 e. The summed E-state index contributed by atoms with van der Waals surface area (Å²) in [6.45, 7) is 5.80. The van der Waals surface area contributed by atoms with Crippen molar-refractivity contribution in [3.05, 3.63) is 32.3 Å². The van der Waals surface area contributed by atoms with E-state index in [4.69, 9.17) is 5.73 Å². The van der Waals surface area contributed by atoms with Crippen molar-refractivity contribution in [2.75, 3.05) is 20.1 Å². The van der Waals surface area contributed by atoms with Crippen LogP contribution >= 0.6 is 28.3 Å². The Kier molecular flexibility index (Phi) is 7.63. The SMILES string of the molecule is Cc1c(Br)cc(S(=O)(=O)N(C)CC(C)(C)CN)cc1[N+](=O)[O-].Cl. The third-order valence-electron chi connectivity index (χ3n) is 3.40. The summed E-state index contributed by atoms with van der Waals surface area (Å²) in [7, 11) is -2.40. The van der Waals surface area contributed by atoms with Crippen LogP contribution in [0.1, 0.15) is 19.4 Å². The molecule has 0 aliphatic heterocycles. The first-order valence-corrected chi connectivity index (χ1v) is 8.76. The molecule has 0 amide bonds. The van der Waals surface area contributed by atoms with E-state index in [1.807, 2.05) is 13.8 Å². The molecule has 0 radical (unpaired) electrons. The molecule has 1 rings (SSSR count). The van der Waals surface area contributed by atoms with Gasteiger partial charge in [0.15, 0.2) is 0 Å². The lowest BCUT2D eigenvalue weighted by atomic mass is 9.94. The highest BCUT2D eigenvalue weighted by Crippen LogP contribution is 2.31. The molecule has 2 N–H and O–H groups in total. The van der Waals surface area contributed by atoms with Crippen molar-refractivity contribution in [3.8, 4) is 0 Å². The number of hydrogen-bond donors (Lipinski definition) is 1. The molecule has 7 nitrogen and oxygen atoms in total. The van der Waals surface area contributed by atoms with E-state index in [1.165, 1.54) is 17.4 Å². The molecule has 0 heterocycles. The Morgan fingerprint density at radius 2 is 1.91 bits per heavy atom. The highest BCUT2D eigenvalue weighted by Gasteiger charge is 2.29. The van der Waals surface area contributed by atoms with Crippen molar-refractivity contribution in [3.63, 3.8) is 0 Å². The zero-order valence-corrected chi connectivity index (χ0v) is 16.6. The Labute approximate surface area is 151 Å². The number of nitrogens with two attached hydrogens (primary N) is 1. The Balaban J connectivity index is 0.00000484. The van der Waals surface area contributed by atoms with Crippen molar-refractivity contribution < 1.29 is 13.3 Å². The van der Waals surface area contributed by atoms with Crippen molar-refractivity contribution in [1.29, 1.82) is 0 Å². The number of nitro benzene ring substituents is 1. The minimum absolute atomic E-state index is 0. The molecular weight excluding hydrogens is 410 g/mol. The van der Waals surface area contributed by atoms with Crippen LogP contribution in [-0.4, -0.2) is 37.8 Å². The zero-order valence-electron chi connectivity index (χ0n) is 13.4. The molecule has 0 fully saturated rings. The standard InChI is InChI=1S/C13H20BrN3O4S.ClH/c1-9-11(14)5-10(6-12(9)17(18)19)22(20,21)16(4)8-13(2,3)7-15;/h5-6H,7-8,15H2,1-4H3;1H. The fraction of sp³-hybridized carbons (Fsp3) is 0.538. The summed E-state index contributed by atoms with van der Waals surface area (Å²) in [6, 6.07) is 2.46. The summed E-state index contributed by atoms with van der Waals surface area (Å²) in [5.74, 6) is 0. The summed E-state index contributed by atoms with van der Waals surface area (Å²) in [4.78, 5) is 10.3. The van der Waals surface area contributed by atoms with Gasteiger partial charge in [-0.2, -0.15) is 0 Å². The minimum atomic E-state index is -3.83. The molecule has 1 aromatic rings. The molecule has 0 saturated heterocycles. The van der Waals surface area contributed by atoms with E-state index >= 15 is 0 Å².